The highest BCUT2D eigenvalue weighted by Crippen LogP contribution is 2.32. The number of pyridine rings is 3. The molecule has 2 N–H and O–H groups in total. The van der Waals surface area contributed by atoms with Crippen molar-refractivity contribution < 1.29 is 14.9 Å². The zero-order valence-electron chi connectivity index (χ0n) is 20.7. The molecule has 4 aromatic heterocycles. The van der Waals surface area contributed by atoms with Gasteiger partial charge in [-0.3, -0.25) is 19.1 Å². The van der Waals surface area contributed by atoms with Crippen LogP contribution in [0.25, 0.3) is 38.8 Å². The third-order valence-electron chi connectivity index (χ3n) is 6.99. The lowest BCUT2D eigenvalue weighted by atomic mass is 10.0. The molecule has 0 saturated carbocycles. The number of aromatic nitrogens is 5. The minimum atomic E-state index is -0.328. The van der Waals surface area contributed by atoms with E-state index >= 15 is 0 Å². The fourth-order valence-corrected chi connectivity index (χ4v) is 4.92. The monoisotopic (exact) mass is 498 g/mol. The van der Waals surface area contributed by atoms with Crippen LogP contribution < -0.4 is 15.3 Å². The topological polar surface area (TPSA) is 119 Å². The molecule has 1 saturated heterocycles. The van der Waals surface area contributed by atoms with E-state index in [9.17, 15) is 15.0 Å². The lowest BCUT2D eigenvalue weighted by Gasteiger charge is -2.37. The maximum Gasteiger partial charge on any atom is 0.333 e. The predicted octanol–water partition coefficient (Wildman–Crippen LogP) is 2.32. The average molecular weight is 499 g/mol. The fraction of sp³-hybridized carbons (Fsp3) is 0.259. The van der Waals surface area contributed by atoms with Crippen molar-refractivity contribution in [2.75, 3.05) is 25.1 Å². The van der Waals surface area contributed by atoms with Crippen LogP contribution in [0.4, 0.5) is 5.82 Å². The Bertz CT molecular complexity index is 1740. The number of aliphatic hydroxyl groups excluding tert-OH is 2. The van der Waals surface area contributed by atoms with Crippen molar-refractivity contribution in [2.24, 2.45) is 7.05 Å². The number of hydrogen-bond acceptors (Lipinski definition) is 8. The molecule has 0 unspecified atom stereocenters. The van der Waals surface area contributed by atoms with Crippen LogP contribution in [-0.2, 0) is 13.7 Å². The number of aryl methyl sites for hydroxylation is 2. The van der Waals surface area contributed by atoms with Gasteiger partial charge in [0.15, 0.2) is 0 Å². The molecule has 10 nitrogen and oxygen atoms in total. The molecule has 0 spiro atoms. The van der Waals surface area contributed by atoms with Crippen LogP contribution in [0, 0.1) is 6.92 Å². The predicted molar refractivity (Wildman–Crippen MR) is 140 cm³/mol. The van der Waals surface area contributed by atoms with Gasteiger partial charge in [0.2, 0.25) is 0 Å². The van der Waals surface area contributed by atoms with Gasteiger partial charge in [0.05, 0.1) is 53.9 Å². The highest BCUT2D eigenvalue weighted by Gasteiger charge is 2.26. The van der Waals surface area contributed by atoms with Gasteiger partial charge in [0, 0.05) is 37.3 Å². The molecule has 188 valence electrons. The Balaban J connectivity index is 1.56. The first-order valence-corrected chi connectivity index (χ1v) is 11.9. The van der Waals surface area contributed by atoms with Crippen LogP contribution in [0.15, 0.2) is 53.6 Å². The summed E-state index contributed by atoms with van der Waals surface area (Å²) in [5, 5.41) is 20.0. The summed E-state index contributed by atoms with van der Waals surface area (Å²) in [5.74, 6) is 1.28. The molecule has 0 radical (unpaired) electrons. The Hall–Kier alpha value is -4.28. The van der Waals surface area contributed by atoms with Gasteiger partial charge in [-0.2, -0.15) is 0 Å². The Morgan fingerprint density at radius 2 is 1.89 bits per heavy atom. The molecule has 5 heterocycles. The van der Waals surface area contributed by atoms with E-state index in [0.29, 0.717) is 41.4 Å². The molecule has 0 atom stereocenters. The molecule has 37 heavy (non-hydrogen) atoms. The standard InChI is InChI=1S/C27H26N6O4/c1-15-22(6-7-25(30-15)32-12-18(35)13-32)33-26-19-8-16(17-9-24(37-3)21(14-34)28-10-17)4-5-20(19)29-11-23(26)31(2)27(33)36/h4-11,18,34-35H,12-14H2,1-3H3. The molecule has 1 aliphatic rings. The van der Waals surface area contributed by atoms with Crippen molar-refractivity contribution in [2.45, 2.75) is 19.6 Å². The molecule has 10 heteroatoms. The second-order valence-corrected chi connectivity index (χ2v) is 9.26. The summed E-state index contributed by atoms with van der Waals surface area (Å²) in [6.07, 6.45) is 3.08. The number of anilines is 1. The molecule has 6 rings (SSSR count). The Labute approximate surface area is 212 Å². The highest BCUT2D eigenvalue weighted by atomic mass is 16.5. The number of hydrogen-bond donors (Lipinski definition) is 2. The van der Waals surface area contributed by atoms with Crippen molar-refractivity contribution in [3.8, 4) is 22.6 Å². The van der Waals surface area contributed by atoms with Crippen LogP contribution in [0.2, 0.25) is 0 Å². The Kier molecular flexibility index (Phi) is 5.43. The van der Waals surface area contributed by atoms with Gasteiger partial charge < -0.3 is 19.8 Å². The van der Waals surface area contributed by atoms with Crippen LogP contribution in [0.1, 0.15) is 11.4 Å². The van der Waals surface area contributed by atoms with Crippen molar-refractivity contribution in [1.29, 1.82) is 0 Å². The van der Waals surface area contributed by atoms with Gasteiger partial charge in [-0.15, -0.1) is 0 Å². The van der Waals surface area contributed by atoms with Gasteiger partial charge in [-0.1, -0.05) is 6.07 Å². The Morgan fingerprint density at radius 3 is 2.59 bits per heavy atom. The summed E-state index contributed by atoms with van der Waals surface area (Å²) in [4.78, 5) is 29.2. The van der Waals surface area contributed by atoms with Gasteiger partial charge in [-0.25, -0.2) is 9.78 Å². The summed E-state index contributed by atoms with van der Waals surface area (Å²) in [5.41, 5.74) is 5.56. The van der Waals surface area contributed by atoms with E-state index < -0.39 is 0 Å². The molecule has 1 fully saturated rings. The summed E-state index contributed by atoms with van der Waals surface area (Å²) < 4.78 is 8.68. The second-order valence-electron chi connectivity index (χ2n) is 9.26. The number of ether oxygens (including phenoxy) is 1. The summed E-state index contributed by atoms with van der Waals surface area (Å²) in [6.45, 7) is 2.78. The van der Waals surface area contributed by atoms with Gasteiger partial charge in [0.25, 0.3) is 0 Å². The average Bonchev–Trinajstić information content (AvgIpc) is 3.16. The first-order valence-electron chi connectivity index (χ1n) is 11.9. The number of imidazole rings is 1. The van der Waals surface area contributed by atoms with Gasteiger partial charge >= 0.3 is 5.69 Å². The quantitative estimate of drug-likeness (QED) is 0.379. The van der Waals surface area contributed by atoms with E-state index in [4.69, 9.17) is 9.72 Å². The molecule has 1 aliphatic heterocycles. The molecule has 1 aromatic carbocycles. The third kappa shape index (κ3) is 3.64. The molecule has 0 amide bonds. The molecule has 0 bridgehead atoms. The molecular weight excluding hydrogens is 472 g/mol. The van der Waals surface area contributed by atoms with Crippen LogP contribution in [0.5, 0.6) is 5.75 Å². The fourth-order valence-electron chi connectivity index (χ4n) is 4.92. The maximum absolute atomic E-state index is 13.5. The number of methoxy groups -OCH3 is 1. The van der Waals surface area contributed by atoms with Crippen molar-refractivity contribution in [3.63, 3.8) is 0 Å². The maximum atomic E-state index is 13.5. The zero-order valence-corrected chi connectivity index (χ0v) is 20.7. The highest BCUT2D eigenvalue weighted by molar-refractivity contribution is 6.04. The molecular formula is C27H26N6O4. The van der Waals surface area contributed by atoms with Crippen molar-refractivity contribution in [3.05, 3.63) is 70.7 Å². The molecule has 0 aliphatic carbocycles. The summed E-state index contributed by atoms with van der Waals surface area (Å²) >= 11 is 0. The first kappa shape index (κ1) is 23.1. The summed E-state index contributed by atoms with van der Waals surface area (Å²) in [7, 11) is 3.28. The van der Waals surface area contributed by atoms with Crippen LogP contribution in [-0.4, -0.2) is 60.6 Å². The number of fused-ring (bicyclic) bond motifs is 3. The zero-order chi connectivity index (χ0) is 25.8. The lowest BCUT2D eigenvalue weighted by Crippen LogP contribution is -2.51. The number of nitrogens with zero attached hydrogens (tertiary/aromatic N) is 6. The smallest absolute Gasteiger partial charge is 0.333 e. The van der Waals surface area contributed by atoms with Crippen LogP contribution >= 0.6 is 0 Å². The van der Waals surface area contributed by atoms with E-state index in [1.54, 1.807) is 35.7 Å². The lowest BCUT2D eigenvalue weighted by molar-refractivity contribution is 0.141. The first-order chi connectivity index (χ1) is 17.9. The largest absolute Gasteiger partial charge is 0.495 e. The minimum absolute atomic E-state index is 0.192. The van der Waals surface area contributed by atoms with Crippen LogP contribution in [0.3, 0.4) is 0 Å². The summed E-state index contributed by atoms with van der Waals surface area (Å²) in [6, 6.07) is 11.5. The third-order valence-corrected chi connectivity index (χ3v) is 6.99. The van der Waals surface area contributed by atoms with Crippen molar-refractivity contribution >= 4 is 27.8 Å². The van der Waals surface area contributed by atoms with Crippen molar-refractivity contribution in [1.82, 2.24) is 24.1 Å². The second kappa shape index (κ2) is 8.68. The SMILES string of the molecule is COc1cc(-c2ccc3ncc4c(c3c2)n(-c2ccc(N3CC(O)C3)nc2C)c(=O)n4C)cnc1CO. The molecule has 5 aromatic rings. The van der Waals surface area contributed by atoms with Gasteiger partial charge in [-0.05, 0) is 42.8 Å². The number of benzene rings is 1. The number of rotatable bonds is 5. The minimum Gasteiger partial charge on any atom is -0.495 e. The van der Waals surface area contributed by atoms with E-state index in [1.807, 2.05) is 48.2 Å². The number of β-amino-alcohol motifs (C(OH)–C–C–N with tert-alkyl or cyclic N) is 1. The van der Waals surface area contributed by atoms with E-state index in [0.717, 1.165) is 33.4 Å². The Morgan fingerprint density at radius 1 is 1.08 bits per heavy atom. The normalized spacial score (nSPS) is 13.9. The number of aliphatic hydroxyl groups is 2. The van der Waals surface area contributed by atoms with E-state index in [1.165, 1.54) is 0 Å². The van der Waals surface area contributed by atoms with E-state index in [2.05, 4.69) is 9.97 Å². The van der Waals surface area contributed by atoms with Gasteiger partial charge in [0.1, 0.15) is 17.3 Å². The van der Waals surface area contributed by atoms with E-state index in [-0.39, 0.29) is 18.4 Å².